The molecule has 1 unspecified atom stereocenters. The van der Waals surface area contributed by atoms with Crippen LogP contribution in [0.5, 0.6) is 0 Å². The van der Waals surface area contributed by atoms with Crippen molar-refractivity contribution in [2.75, 3.05) is 12.4 Å². The van der Waals surface area contributed by atoms with Crippen LogP contribution >= 0.6 is 0 Å². The van der Waals surface area contributed by atoms with Gasteiger partial charge in [0.05, 0.1) is 6.61 Å². The van der Waals surface area contributed by atoms with Gasteiger partial charge in [-0.1, -0.05) is 27.7 Å². The van der Waals surface area contributed by atoms with E-state index in [1.807, 2.05) is 6.92 Å². The average molecular weight is 164 g/mol. The lowest BCUT2D eigenvalue weighted by molar-refractivity contribution is 0.216. The molecule has 0 spiro atoms. The number of rotatable bonds is 3. The van der Waals surface area contributed by atoms with Gasteiger partial charge in [-0.2, -0.15) is 0 Å². The van der Waals surface area contributed by atoms with Crippen molar-refractivity contribution in [1.29, 1.82) is 0 Å². The fourth-order valence-corrected chi connectivity index (χ4v) is 0.977. The summed E-state index contributed by atoms with van der Waals surface area (Å²) in [5.41, 5.74) is 0.116. The fourth-order valence-electron chi connectivity index (χ4n) is 0.326. The Bertz CT molecular complexity index is 115. The zero-order valence-electron chi connectivity index (χ0n) is 7.14. The first-order valence-corrected chi connectivity index (χ1v) is 4.72. The summed E-state index contributed by atoms with van der Waals surface area (Å²) in [5.74, 6) is 0.579. The molecule has 3 heteroatoms. The van der Waals surface area contributed by atoms with Gasteiger partial charge in [-0.25, -0.2) is 4.21 Å². The molecule has 0 aromatic carbocycles. The van der Waals surface area contributed by atoms with E-state index >= 15 is 0 Å². The third kappa shape index (κ3) is 6.23. The smallest absolute Gasteiger partial charge is 0.155 e. The molecular weight excluding hydrogens is 148 g/mol. The molecule has 0 aliphatic rings. The molecule has 0 bridgehead atoms. The highest BCUT2D eigenvalue weighted by Crippen LogP contribution is 2.13. The van der Waals surface area contributed by atoms with Crippen molar-refractivity contribution in [1.82, 2.24) is 0 Å². The highest BCUT2D eigenvalue weighted by atomic mass is 32.2. The minimum Gasteiger partial charge on any atom is -0.290 e. The average Bonchev–Trinajstić information content (AvgIpc) is 1.81. The van der Waals surface area contributed by atoms with Gasteiger partial charge in [0.1, 0.15) is 0 Å². The van der Waals surface area contributed by atoms with E-state index in [0.717, 1.165) is 0 Å². The second kappa shape index (κ2) is 4.09. The highest BCUT2D eigenvalue weighted by Gasteiger charge is 2.11. The quantitative estimate of drug-likeness (QED) is 0.635. The van der Waals surface area contributed by atoms with Crippen LogP contribution in [-0.2, 0) is 15.3 Å². The van der Waals surface area contributed by atoms with Gasteiger partial charge < -0.3 is 0 Å². The lowest BCUT2D eigenvalue weighted by atomic mass is 9.99. The molecule has 2 nitrogen and oxygen atoms in total. The predicted octanol–water partition coefficient (Wildman–Crippen LogP) is 1.73. The van der Waals surface area contributed by atoms with Crippen LogP contribution < -0.4 is 0 Å². The van der Waals surface area contributed by atoms with Crippen LogP contribution in [0.15, 0.2) is 0 Å². The molecular formula is C7H16O2S. The zero-order chi connectivity index (χ0) is 8.20. The second-order valence-electron chi connectivity index (χ2n) is 3.42. The summed E-state index contributed by atoms with van der Waals surface area (Å²) in [4.78, 5) is 0. The monoisotopic (exact) mass is 164 g/mol. The third-order valence-corrected chi connectivity index (χ3v) is 1.71. The van der Waals surface area contributed by atoms with Crippen molar-refractivity contribution in [2.45, 2.75) is 27.7 Å². The Hall–Kier alpha value is 0.110. The molecule has 62 valence electrons. The molecule has 0 saturated carbocycles. The van der Waals surface area contributed by atoms with Gasteiger partial charge in [-0.05, 0) is 5.41 Å². The molecule has 0 aliphatic heterocycles. The lowest BCUT2D eigenvalue weighted by Crippen LogP contribution is -2.16. The molecule has 0 heterocycles. The van der Waals surface area contributed by atoms with Gasteiger partial charge in [0.25, 0.3) is 0 Å². The van der Waals surface area contributed by atoms with Gasteiger partial charge in [0.2, 0.25) is 0 Å². The Balaban J connectivity index is 3.46. The minimum absolute atomic E-state index is 0.116. The molecule has 0 radical (unpaired) electrons. The Morgan fingerprint density at radius 1 is 1.40 bits per heavy atom. The van der Waals surface area contributed by atoms with Crippen LogP contribution in [0.2, 0.25) is 0 Å². The Labute approximate surface area is 65.6 Å². The number of hydrogen-bond donors (Lipinski definition) is 0. The molecule has 0 fully saturated rings. The van der Waals surface area contributed by atoms with E-state index in [2.05, 4.69) is 20.8 Å². The molecule has 0 N–H and O–H groups in total. The summed E-state index contributed by atoms with van der Waals surface area (Å²) in [5, 5.41) is 0. The zero-order valence-corrected chi connectivity index (χ0v) is 7.96. The van der Waals surface area contributed by atoms with E-state index in [9.17, 15) is 4.21 Å². The van der Waals surface area contributed by atoms with E-state index in [-0.39, 0.29) is 5.41 Å². The van der Waals surface area contributed by atoms with E-state index in [4.69, 9.17) is 4.18 Å². The van der Waals surface area contributed by atoms with Crippen molar-refractivity contribution in [3.63, 3.8) is 0 Å². The Morgan fingerprint density at radius 3 is 2.20 bits per heavy atom. The lowest BCUT2D eigenvalue weighted by Gasteiger charge is -2.16. The van der Waals surface area contributed by atoms with Crippen molar-refractivity contribution in [3.8, 4) is 0 Å². The first kappa shape index (κ1) is 10.1. The van der Waals surface area contributed by atoms with Crippen LogP contribution in [0.1, 0.15) is 27.7 Å². The van der Waals surface area contributed by atoms with E-state index in [0.29, 0.717) is 12.4 Å². The van der Waals surface area contributed by atoms with Crippen LogP contribution in [0.3, 0.4) is 0 Å². The van der Waals surface area contributed by atoms with Gasteiger partial charge >= 0.3 is 0 Å². The Kier molecular flexibility index (Phi) is 4.13. The van der Waals surface area contributed by atoms with Gasteiger partial charge in [-0.15, -0.1) is 0 Å². The predicted molar refractivity (Wildman–Crippen MR) is 44.1 cm³/mol. The molecule has 10 heavy (non-hydrogen) atoms. The maximum atomic E-state index is 10.7. The largest absolute Gasteiger partial charge is 0.290 e. The van der Waals surface area contributed by atoms with Crippen LogP contribution in [0.4, 0.5) is 0 Å². The van der Waals surface area contributed by atoms with Gasteiger partial charge in [0, 0.05) is 5.75 Å². The third-order valence-electron chi connectivity index (χ3n) is 0.859. The SMILES string of the molecule is CCS(=O)OCC(C)(C)C. The first-order chi connectivity index (χ1) is 4.45. The first-order valence-electron chi connectivity index (χ1n) is 3.47. The van der Waals surface area contributed by atoms with Crippen LogP contribution in [0, 0.1) is 5.41 Å². The van der Waals surface area contributed by atoms with E-state index in [1.54, 1.807) is 0 Å². The van der Waals surface area contributed by atoms with Crippen LogP contribution in [-0.4, -0.2) is 16.6 Å². The van der Waals surface area contributed by atoms with Crippen molar-refractivity contribution < 1.29 is 8.39 Å². The number of hydrogen-bond acceptors (Lipinski definition) is 2. The van der Waals surface area contributed by atoms with Crippen molar-refractivity contribution in [2.24, 2.45) is 5.41 Å². The maximum absolute atomic E-state index is 10.7. The van der Waals surface area contributed by atoms with Gasteiger partial charge in [-0.3, -0.25) is 4.18 Å². The second-order valence-corrected chi connectivity index (χ2v) is 4.84. The van der Waals surface area contributed by atoms with Crippen LogP contribution in [0.25, 0.3) is 0 Å². The Morgan fingerprint density at radius 2 is 1.90 bits per heavy atom. The molecule has 0 rings (SSSR count). The molecule has 0 aliphatic carbocycles. The minimum atomic E-state index is -1.07. The van der Waals surface area contributed by atoms with Crippen molar-refractivity contribution in [3.05, 3.63) is 0 Å². The summed E-state index contributed by atoms with van der Waals surface area (Å²) in [6.45, 7) is 8.58. The summed E-state index contributed by atoms with van der Waals surface area (Å²) in [6, 6.07) is 0. The summed E-state index contributed by atoms with van der Waals surface area (Å²) >= 11 is -1.07. The highest BCUT2D eigenvalue weighted by molar-refractivity contribution is 7.80. The van der Waals surface area contributed by atoms with E-state index < -0.39 is 11.1 Å². The molecule has 0 aromatic rings. The van der Waals surface area contributed by atoms with Crippen molar-refractivity contribution >= 4 is 11.1 Å². The normalized spacial score (nSPS) is 15.2. The summed E-state index contributed by atoms with van der Waals surface area (Å²) in [7, 11) is 0. The fraction of sp³-hybridized carbons (Fsp3) is 1.00. The van der Waals surface area contributed by atoms with Gasteiger partial charge in [0.15, 0.2) is 11.1 Å². The molecule has 0 aromatic heterocycles. The molecule has 1 atom stereocenters. The topological polar surface area (TPSA) is 26.3 Å². The summed E-state index contributed by atoms with van der Waals surface area (Å²) < 4.78 is 15.8. The maximum Gasteiger partial charge on any atom is 0.155 e. The molecule has 0 amide bonds. The summed E-state index contributed by atoms with van der Waals surface area (Å²) in [6.07, 6.45) is 0. The molecule has 0 saturated heterocycles. The standard InChI is InChI=1S/C7H16O2S/c1-5-10(8)9-6-7(2,3)4/h5-6H2,1-4H3. The van der Waals surface area contributed by atoms with E-state index in [1.165, 1.54) is 0 Å².